The van der Waals surface area contributed by atoms with Gasteiger partial charge in [-0.3, -0.25) is 0 Å². The van der Waals surface area contributed by atoms with Crippen LogP contribution in [0.3, 0.4) is 0 Å². The standard InChI is InChI=1S/C39H23BN4S/c1-3-12-24(13-4-1)37-41-38(25-14-5-2-6-15-25)43-39(42-37)26-22-32-35-34(23-26)45-33-21-10-8-18-29(33)40(35)30-19-11-17-28-27-16-7-9-20-31(27)44(32)36(28)30/h1-23H. The van der Waals surface area contributed by atoms with E-state index in [2.05, 4.69) is 108 Å². The van der Waals surface area contributed by atoms with Crippen LogP contribution in [0.4, 0.5) is 0 Å². The summed E-state index contributed by atoms with van der Waals surface area (Å²) in [6, 6.07) is 49.4. The fourth-order valence-corrected chi connectivity index (χ4v) is 8.38. The summed E-state index contributed by atoms with van der Waals surface area (Å²) >= 11 is 1.85. The molecule has 0 saturated carbocycles. The minimum atomic E-state index is 0.153. The summed E-state index contributed by atoms with van der Waals surface area (Å²) < 4.78 is 2.48. The normalized spacial score (nSPS) is 12.8. The molecule has 208 valence electrons. The van der Waals surface area contributed by atoms with E-state index < -0.39 is 0 Å². The largest absolute Gasteiger partial charge is 0.310 e. The molecule has 6 aromatic carbocycles. The van der Waals surface area contributed by atoms with Gasteiger partial charge in [0.2, 0.25) is 6.71 Å². The van der Waals surface area contributed by atoms with Crippen molar-refractivity contribution in [1.29, 1.82) is 0 Å². The Morgan fingerprint density at radius 3 is 1.84 bits per heavy atom. The second-order valence-electron chi connectivity index (χ2n) is 11.6. The van der Waals surface area contributed by atoms with Gasteiger partial charge in [-0.25, -0.2) is 15.0 Å². The number of para-hydroxylation sites is 2. The summed E-state index contributed by atoms with van der Waals surface area (Å²) in [4.78, 5) is 17.7. The molecule has 0 unspecified atom stereocenters. The van der Waals surface area contributed by atoms with Gasteiger partial charge in [-0.05, 0) is 35.2 Å². The van der Waals surface area contributed by atoms with Crippen molar-refractivity contribution < 1.29 is 0 Å². The average Bonchev–Trinajstić information content (AvgIpc) is 3.45. The molecule has 0 fully saturated rings. The molecule has 45 heavy (non-hydrogen) atoms. The topological polar surface area (TPSA) is 43.6 Å². The molecule has 0 spiro atoms. The molecule has 8 aromatic rings. The third-order valence-corrected chi connectivity index (χ3v) is 10.2. The molecule has 2 aliphatic rings. The van der Waals surface area contributed by atoms with Crippen LogP contribution < -0.4 is 16.4 Å². The molecule has 2 aliphatic heterocycles. The van der Waals surface area contributed by atoms with Crippen LogP contribution in [0, 0.1) is 0 Å². The van der Waals surface area contributed by atoms with E-state index >= 15 is 0 Å². The molecule has 0 N–H and O–H groups in total. The Hall–Kier alpha value is -5.46. The Morgan fingerprint density at radius 2 is 1.09 bits per heavy atom. The van der Waals surface area contributed by atoms with Gasteiger partial charge in [0.1, 0.15) is 0 Å². The summed E-state index contributed by atoms with van der Waals surface area (Å²) in [5.41, 5.74) is 10.7. The number of fused-ring (bicyclic) bond motifs is 7. The summed E-state index contributed by atoms with van der Waals surface area (Å²) in [6.45, 7) is 0.153. The van der Waals surface area contributed by atoms with Crippen molar-refractivity contribution in [3.05, 3.63) is 140 Å². The van der Waals surface area contributed by atoms with Crippen LogP contribution in [-0.4, -0.2) is 26.2 Å². The second-order valence-corrected chi connectivity index (χ2v) is 12.7. The van der Waals surface area contributed by atoms with Gasteiger partial charge in [-0.15, -0.1) is 0 Å². The molecule has 0 radical (unpaired) electrons. The number of aromatic nitrogens is 4. The van der Waals surface area contributed by atoms with Gasteiger partial charge < -0.3 is 4.57 Å². The lowest BCUT2D eigenvalue weighted by molar-refractivity contribution is 1.07. The highest BCUT2D eigenvalue weighted by Gasteiger charge is 2.39. The summed E-state index contributed by atoms with van der Waals surface area (Å²) in [5.74, 6) is 2.01. The maximum atomic E-state index is 5.11. The van der Waals surface area contributed by atoms with Gasteiger partial charge >= 0.3 is 0 Å². The lowest BCUT2D eigenvalue weighted by Gasteiger charge is -2.33. The Bertz CT molecular complexity index is 2410. The van der Waals surface area contributed by atoms with Gasteiger partial charge in [-0.1, -0.05) is 132 Å². The van der Waals surface area contributed by atoms with Crippen molar-refractivity contribution in [2.75, 3.05) is 0 Å². The maximum Gasteiger partial charge on any atom is 0.249 e. The van der Waals surface area contributed by atoms with E-state index in [4.69, 9.17) is 15.0 Å². The number of nitrogens with zero attached hydrogens (tertiary/aromatic N) is 4. The maximum absolute atomic E-state index is 5.11. The Balaban J connectivity index is 1.30. The van der Waals surface area contributed by atoms with Crippen LogP contribution in [0.25, 0.3) is 61.7 Å². The van der Waals surface area contributed by atoms with E-state index in [1.165, 1.54) is 53.7 Å². The predicted octanol–water partition coefficient (Wildman–Crippen LogP) is 7.26. The monoisotopic (exact) mass is 590 g/mol. The van der Waals surface area contributed by atoms with Crippen LogP contribution in [0.2, 0.25) is 0 Å². The Kier molecular flexibility index (Phi) is 5.27. The fourth-order valence-electron chi connectivity index (χ4n) is 7.18. The first-order valence-corrected chi connectivity index (χ1v) is 16.0. The molecule has 6 heteroatoms. The molecule has 0 atom stereocenters. The second kappa shape index (κ2) is 9.52. The zero-order valence-corrected chi connectivity index (χ0v) is 24.9. The van der Waals surface area contributed by atoms with Crippen molar-refractivity contribution in [2.24, 2.45) is 0 Å². The van der Waals surface area contributed by atoms with E-state index in [-0.39, 0.29) is 6.71 Å². The molecular weight excluding hydrogens is 567 g/mol. The quantitative estimate of drug-likeness (QED) is 0.203. The van der Waals surface area contributed by atoms with Gasteiger partial charge in [-0.2, -0.15) is 0 Å². The van der Waals surface area contributed by atoms with Crippen molar-refractivity contribution in [1.82, 2.24) is 19.5 Å². The Morgan fingerprint density at radius 1 is 0.489 bits per heavy atom. The van der Waals surface area contributed by atoms with E-state index in [1.54, 1.807) is 0 Å². The molecule has 0 aliphatic carbocycles. The SMILES string of the molecule is c1ccc(-c2nc(-c3ccccc3)nc(-c3cc4c5c(c3)-n3c6ccccc6c6cccc(c63)B5c3ccccc3S4)n2)cc1. The van der Waals surface area contributed by atoms with Crippen molar-refractivity contribution in [3.8, 4) is 39.9 Å². The Labute approximate surface area is 264 Å². The van der Waals surface area contributed by atoms with Gasteiger partial charge in [0.25, 0.3) is 0 Å². The first kappa shape index (κ1) is 24.9. The fraction of sp³-hybridized carbons (Fsp3) is 0. The van der Waals surface area contributed by atoms with Crippen LogP contribution in [0.1, 0.15) is 0 Å². The molecule has 0 bridgehead atoms. The average molecular weight is 591 g/mol. The van der Waals surface area contributed by atoms with E-state index in [0.717, 1.165) is 16.7 Å². The highest BCUT2D eigenvalue weighted by Crippen LogP contribution is 2.40. The lowest BCUT2D eigenvalue weighted by atomic mass is 9.35. The molecular formula is C39H23BN4S. The molecule has 4 nitrogen and oxygen atoms in total. The lowest BCUT2D eigenvalue weighted by Crippen LogP contribution is -2.58. The van der Waals surface area contributed by atoms with Crippen LogP contribution in [-0.2, 0) is 0 Å². The van der Waals surface area contributed by atoms with E-state index in [9.17, 15) is 0 Å². The predicted molar refractivity (Wildman–Crippen MR) is 186 cm³/mol. The summed E-state index contributed by atoms with van der Waals surface area (Å²) in [7, 11) is 0. The summed E-state index contributed by atoms with van der Waals surface area (Å²) in [5, 5.41) is 2.56. The molecule has 10 rings (SSSR count). The van der Waals surface area contributed by atoms with Gasteiger partial charge in [0.05, 0.1) is 5.52 Å². The number of benzene rings is 6. The highest BCUT2D eigenvalue weighted by molar-refractivity contribution is 8.00. The first-order chi connectivity index (χ1) is 22.3. The van der Waals surface area contributed by atoms with Crippen molar-refractivity contribution >= 4 is 56.7 Å². The van der Waals surface area contributed by atoms with Crippen LogP contribution in [0.15, 0.2) is 149 Å². The minimum Gasteiger partial charge on any atom is -0.310 e. The number of hydrogen-bond donors (Lipinski definition) is 0. The zero-order valence-electron chi connectivity index (χ0n) is 24.1. The number of hydrogen-bond acceptors (Lipinski definition) is 4. The third-order valence-electron chi connectivity index (χ3n) is 9.09. The van der Waals surface area contributed by atoms with E-state index in [1.807, 2.05) is 48.2 Å². The third kappa shape index (κ3) is 3.66. The molecule has 4 heterocycles. The van der Waals surface area contributed by atoms with Gasteiger partial charge in [0.15, 0.2) is 17.5 Å². The highest BCUT2D eigenvalue weighted by atomic mass is 32.2. The molecule has 0 saturated heterocycles. The van der Waals surface area contributed by atoms with Gasteiger partial charge in [0, 0.05) is 48.5 Å². The van der Waals surface area contributed by atoms with Crippen LogP contribution in [0.5, 0.6) is 0 Å². The summed E-state index contributed by atoms with van der Waals surface area (Å²) in [6.07, 6.45) is 0. The van der Waals surface area contributed by atoms with E-state index in [0.29, 0.717) is 17.5 Å². The first-order valence-electron chi connectivity index (χ1n) is 15.2. The number of rotatable bonds is 3. The van der Waals surface area contributed by atoms with Crippen molar-refractivity contribution in [3.63, 3.8) is 0 Å². The smallest absolute Gasteiger partial charge is 0.249 e. The molecule has 0 amide bonds. The zero-order chi connectivity index (χ0) is 29.5. The van der Waals surface area contributed by atoms with Crippen molar-refractivity contribution in [2.45, 2.75) is 9.79 Å². The minimum absolute atomic E-state index is 0.153. The van der Waals surface area contributed by atoms with Crippen LogP contribution >= 0.6 is 11.8 Å². The molecule has 2 aromatic heterocycles.